The molecule has 0 saturated heterocycles. The van der Waals surface area contributed by atoms with Crippen LogP contribution >= 0.6 is 0 Å². The molecule has 0 bridgehead atoms. The van der Waals surface area contributed by atoms with Crippen LogP contribution in [-0.2, 0) is 0 Å². The van der Waals surface area contributed by atoms with Gasteiger partial charge in [0.05, 0.1) is 11.2 Å². The van der Waals surface area contributed by atoms with Gasteiger partial charge < -0.3 is 10.4 Å². The molecule has 0 aliphatic rings. The first-order chi connectivity index (χ1) is 10.1. The summed E-state index contributed by atoms with van der Waals surface area (Å²) in [5, 5.41) is 30.5. The second-order valence-corrected chi connectivity index (χ2v) is 5.90. The molecule has 2 rings (SSSR count). The molecule has 1 aromatic carbocycles. The van der Waals surface area contributed by atoms with E-state index in [1.807, 2.05) is 24.3 Å². The molecule has 5 heteroatoms. The quantitative estimate of drug-likeness (QED) is 0.852. The van der Waals surface area contributed by atoms with Gasteiger partial charge in [0.25, 0.3) is 0 Å². The van der Waals surface area contributed by atoms with Crippen molar-refractivity contribution in [2.24, 2.45) is 5.41 Å². The fraction of sp³-hybridized carbons (Fsp3) is 0.438. The first kappa shape index (κ1) is 15.2. The third-order valence-electron chi connectivity index (χ3n) is 3.53. The summed E-state index contributed by atoms with van der Waals surface area (Å²) >= 11 is 0. The van der Waals surface area contributed by atoms with E-state index in [2.05, 4.69) is 35.4 Å². The Balaban J connectivity index is 2.27. The molecule has 110 valence electrons. The van der Waals surface area contributed by atoms with Gasteiger partial charge in [0.2, 0.25) is 0 Å². The van der Waals surface area contributed by atoms with E-state index < -0.39 is 0 Å². The third-order valence-corrected chi connectivity index (χ3v) is 3.53. The van der Waals surface area contributed by atoms with Gasteiger partial charge in [-0.05, 0) is 24.3 Å². The topological polar surface area (TPSA) is 81.8 Å². The summed E-state index contributed by atoms with van der Waals surface area (Å²) in [6.07, 6.45) is 1.68. The van der Waals surface area contributed by atoms with Crippen molar-refractivity contribution in [1.29, 1.82) is 5.26 Å². The fourth-order valence-corrected chi connectivity index (χ4v) is 2.28. The molecule has 2 aromatic rings. The second kappa shape index (κ2) is 6.51. The molecule has 5 nitrogen and oxygen atoms in total. The van der Waals surface area contributed by atoms with Crippen molar-refractivity contribution in [3.63, 3.8) is 0 Å². The Bertz CT molecular complexity index is 661. The second-order valence-electron chi connectivity index (χ2n) is 5.90. The van der Waals surface area contributed by atoms with E-state index in [9.17, 15) is 5.26 Å². The normalized spacial score (nSPS) is 11.3. The van der Waals surface area contributed by atoms with Crippen molar-refractivity contribution in [3.05, 3.63) is 30.0 Å². The van der Waals surface area contributed by atoms with E-state index in [1.165, 1.54) is 0 Å². The lowest BCUT2D eigenvalue weighted by atomic mass is 9.87. The van der Waals surface area contributed by atoms with Crippen molar-refractivity contribution < 1.29 is 5.11 Å². The molecule has 0 saturated carbocycles. The van der Waals surface area contributed by atoms with E-state index in [-0.39, 0.29) is 12.0 Å². The van der Waals surface area contributed by atoms with Gasteiger partial charge in [0, 0.05) is 18.5 Å². The van der Waals surface area contributed by atoms with Crippen LogP contribution in [0.25, 0.3) is 10.9 Å². The monoisotopic (exact) mass is 284 g/mol. The molecule has 21 heavy (non-hydrogen) atoms. The van der Waals surface area contributed by atoms with Crippen LogP contribution in [0.4, 0.5) is 5.69 Å². The van der Waals surface area contributed by atoms with Crippen LogP contribution in [0.3, 0.4) is 0 Å². The van der Waals surface area contributed by atoms with Gasteiger partial charge in [0.1, 0.15) is 6.07 Å². The lowest BCUT2D eigenvalue weighted by Gasteiger charge is -2.25. The summed E-state index contributed by atoms with van der Waals surface area (Å²) in [6, 6.07) is 9.73. The minimum Gasteiger partial charge on any atom is -0.396 e. The van der Waals surface area contributed by atoms with Gasteiger partial charge in [0.15, 0.2) is 5.69 Å². The van der Waals surface area contributed by atoms with E-state index in [0.29, 0.717) is 12.2 Å². The molecule has 0 fully saturated rings. The Morgan fingerprint density at radius 2 is 2.05 bits per heavy atom. The largest absolute Gasteiger partial charge is 0.396 e. The van der Waals surface area contributed by atoms with Gasteiger partial charge in [-0.1, -0.05) is 32.0 Å². The number of hydrogen-bond acceptors (Lipinski definition) is 5. The van der Waals surface area contributed by atoms with E-state index in [0.717, 1.165) is 29.4 Å². The standard InChI is InChI=1S/C16H20N4O/c1-16(2,8-5-9-21)11-18-15-12-6-3-4-7-13(12)19-20-14(15)10-17/h3-4,6-7,21H,5,8-9,11H2,1-2H3,(H,18,19). The summed E-state index contributed by atoms with van der Waals surface area (Å²) in [4.78, 5) is 0. The SMILES string of the molecule is CC(C)(CCCO)CNc1c(C#N)nnc2ccccc12. The average Bonchev–Trinajstić information content (AvgIpc) is 2.50. The van der Waals surface area contributed by atoms with Crippen LogP contribution in [-0.4, -0.2) is 28.5 Å². The number of nitrogens with zero attached hydrogens (tertiary/aromatic N) is 3. The minimum atomic E-state index is 0.0276. The van der Waals surface area contributed by atoms with Crippen molar-refractivity contribution in [3.8, 4) is 6.07 Å². The zero-order chi connectivity index (χ0) is 15.3. The van der Waals surface area contributed by atoms with Gasteiger partial charge in [-0.15, -0.1) is 10.2 Å². The summed E-state index contributed by atoms with van der Waals surface area (Å²) in [5.41, 5.74) is 1.85. The summed E-state index contributed by atoms with van der Waals surface area (Å²) in [5.74, 6) is 0. The molecule has 1 heterocycles. The van der Waals surface area contributed by atoms with Crippen LogP contribution in [0, 0.1) is 16.7 Å². The van der Waals surface area contributed by atoms with E-state index in [1.54, 1.807) is 0 Å². The number of aliphatic hydroxyl groups is 1. The highest BCUT2D eigenvalue weighted by atomic mass is 16.2. The van der Waals surface area contributed by atoms with Crippen molar-refractivity contribution in [1.82, 2.24) is 10.2 Å². The molecular formula is C16H20N4O. The summed E-state index contributed by atoms with van der Waals surface area (Å²) in [7, 11) is 0. The molecule has 1 aromatic heterocycles. The van der Waals surface area contributed by atoms with E-state index >= 15 is 0 Å². The Kier molecular flexibility index (Phi) is 4.71. The number of aliphatic hydroxyl groups excluding tert-OH is 1. The highest BCUT2D eigenvalue weighted by molar-refractivity contribution is 5.92. The number of anilines is 1. The van der Waals surface area contributed by atoms with Gasteiger partial charge in [-0.3, -0.25) is 0 Å². The lowest BCUT2D eigenvalue weighted by Crippen LogP contribution is -2.24. The summed E-state index contributed by atoms with van der Waals surface area (Å²) in [6.45, 7) is 5.18. The van der Waals surface area contributed by atoms with Crippen LogP contribution < -0.4 is 5.32 Å². The molecule has 0 aliphatic heterocycles. The molecule has 0 radical (unpaired) electrons. The zero-order valence-electron chi connectivity index (χ0n) is 12.4. The Morgan fingerprint density at radius 1 is 1.29 bits per heavy atom. The molecular weight excluding hydrogens is 264 g/mol. The highest BCUT2D eigenvalue weighted by Crippen LogP contribution is 2.27. The van der Waals surface area contributed by atoms with Crippen LogP contribution in [0.2, 0.25) is 0 Å². The molecule has 2 N–H and O–H groups in total. The van der Waals surface area contributed by atoms with Crippen LogP contribution in [0.15, 0.2) is 24.3 Å². The minimum absolute atomic E-state index is 0.0276. The van der Waals surface area contributed by atoms with E-state index in [4.69, 9.17) is 5.11 Å². The number of hydrogen-bond donors (Lipinski definition) is 2. The average molecular weight is 284 g/mol. The predicted octanol–water partition coefficient (Wildman–Crippen LogP) is 2.71. The number of benzene rings is 1. The Labute approximate surface area is 124 Å². The van der Waals surface area contributed by atoms with Crippen molar-refractivity contribution >= 4 is 16.6 Å². The number of nitriles is 1. The van der Waals surface area contributed by atoms with Crippen molar-refractivity contribution in [2.45, 2.75) is 26.7 Å². The van der Waals surface area contributed by atoms with Crippen molar-refractivity contribution in [2.75, 3.05) is 18.5 Å². The van der Waals surface area contributed by atoms with Gasteiger partial charge in [-0.2, -0.15) is 5.26 Å². The fourth-order valence-electron chi connectivity index (χ4n) is 2.28. The maximum Gasteiger partial charge on any atom is 0.186 e. The first-order valence-electron chi connectivity index (χ1n) is 7.08. The maximum atomic E-state index is 9.22. The molecule has 0 spiro atoms. The number of aromatic nitrogens is 2. The first-order valence-corrected chi connectivity index (χ1v) is 7.08. The lowest BCUT2D eigenvalue weighted by molar-refractivity contribution is 0.248. The van der Waals surface area contributed by atoms with Crippen LogP contribution in [0.5, 0.6) is 0 Å². The highest BCUT2D eigenvalue weighted by Gasteiger charge is 2.19. The predicted molar refractivity (Wildman–Crippen MR) is 82.8 cm³/mol. The van der Waals surface area contributed by atoms with Crippen LogP contribution in [0.1, 0.15) is 32.4 Å². The zero-order valence-corrected chi connectivity index (χ0v) is 12.4. The smallest absolute Gasteiger partial charge is 0.186 e. The number of nitrogens with one attached hydrogen (secondary N) is 1. The number of rotatable bonds is 6. The Morgan fingerprint density at radius 3 is 2.76 bits per heavy atom. The summed E-state index contributed by atoms with van der Waals surface area (Å²) < 4.78 is 0. The van der Waals surface area contributed by atoms with Gasteiger partial charge in [-0.25, -0.2) is 0 Å². The number of fused-ring (bicyclic) bond motifs is 1. The maximum absolute atomic E-state index is 9.22. The molecule has 0 unspecified atom stereocenters. The van der Waals surface area contributed by atoms with Gasteiger partial charge >= 0.3 is 0 Å². The third kappa shape index (κ3) is 3.67. The molecule has 0 amide bonds. The molecule has 0 aliphatic carbocycles. The Hall–Kier alpha value is -2.19. The molecule has 0 atom stereocenters.